The maximum absolute atomic E-state index is 13.5. The number of rotatable bonds is 9. The molecule has 5 nitrogen and oxygen atoms in total. The molecule has 0 spiro atoms. The predicted molar refractivity (Wildman–Crippen MR) is 96.3 cm³/mol. The van der Waals surface area contributed by atoms with Crippen molar-refractivity contribution >= 4 is 34.9 Å². The first-order chi connectivity index (χ1) is 13.2. The number of alkyl halides is 3. The lowest BCUT2D eigenvalue weighted by atomic mass is 9.98. The van der Waals surface area contributed by atoms with Crippen molar-refractivity contribution in [1.82, 2.24) is 5.32 Å². The Morgan fingerprint density at radius 1 is 1.36 bits per heavy atom. The summed E-state index contributed by atoms with van der Waals surface area (Å²) in [6, 6.07) is 2.76. The molecular formula is C19H19ClF3NO4. The number of amides is 1. The summed E-state index contributed by atoms with van der Waals surface area (Å²) in [6.45, 7) is 0.192. The van der Waals surface area contributed by atoms with Gasteiger partial charge in [0.1, 0.15) is 11.3 Å². The zero-order valence-corrected chi connectivity index (χ0v) is 15.6. The zero-order chi connectivity index (χ0) is 20.5. The number of carbonyl (C=O) groups is 2. The van der Waals surface area contributed by atoms with Crippen molar-refractivity contribution in [3.63, 3.8) is 0 Å². The summed E-state index contributed by atoms with van der Waals surface area (Å²) in [5.41, 5.74) is -0.575. The van der Waals surface area contributed by atoms with Crippen molar-refractivity contribution in [1.29, 1.82) is 0 Å². The molecule has 1 aromatic heterocycles. The summed E-state index contributed by atoms with van der Waals surface area (Å²) >= 11 is 6.30. The smallest absolute Gasteiger partial charge is 0.420 e. The second-order valence-corrected chi connectivity index (χ2v) is 7.37. The molecule has 0 radical (unpaired) electrons. The highest BCUT2D eigenvalue weighted by Crippen LogP contribution is 2.46. The Balaban J connectivity index is 1.88. The lowest BCUT2D eigenvalue weighted by molar-refractivity contribution is -0.142. The Labute approximate surface area is 163 Å². The molecule has 28 heavy (non-hydrogen) atoms. The molecule has 1 saturated carbocycles. The van der Waals surface area contributed by atoms with E-state index in [0.29, 0.717) is 12.0 Å². The summed E-state index contributed by atoms with van der Waals surface area (Å²) in [5, 5.41) is 12.0. The third kappa shape index (κ3) is 4.43. The minimum absolute atomic E-state index is 0.0849. The van der Waals surface area contributed by atoms with E-state index < -0.39 is 23.6 Å². The number of benzene rings is 1. The number of carbonyl (C=O) groups excluding carboxylic acids is 1. The van der Waals surface area contributed by atoms with E-state index >= 15 is 0 Å². The fourth-order valence-electron chi connectivity index (χ4n) is 3.28. The summed E-state index contributed by atoms with van der Waals surface area (Å²) in [4.78, 5) is 21.6. The Hall–Kier alpha value is -2.22. The molecule has 1 aliphatic rings. The van der Waals surface area contributed by atoms with Crippen molar-refractivity contribution in [3.05, 3.63) is 34.0 Å². The molecule has 0 aliphatic heterocycles. The Morgan fingerprint density at radius 3 is 2.64 bits per heavy atom. The van der Waals surface area contributed by atoms with E-state index in [1.807, 2.05) is 0 Å². The van der Waals surface area contributed by atoms with Gasteiger partial charge in [0.05, 0.1) is 16.5 Å². The number of carboxylic acids is 1. The molecule has 2 aromatic rings. The molecular weight excluding hydrogens is 399 g/mol. The molecule has 152 valence electrons. The van der Waals surface area contributed by atoms with Gasteiger partial charge in [-0.15, -0.1) is 0 Å². The average Bonchev–Trinajstić information content (AvgIpc) is 3.42. The van der Waals surface area contributed by atoms with Crippen LogP contribution in [0.2, 0.25) is 5.02 Å². The second kappa shape index (κ2) is 8.03. The van der Waals surface area contributed by atoms with Crippen molar-refractivity contribution in [3.8, 4) is 0 Å². The van der Waals surface area contributed by atoms with Crippen molar-refractivity contribution < 1.29 is 32.3 Å². The third-order valence-electron chi connectivity index (χ3n) is 4.96. The van der Waals surface area contributed by atoms with Crippen LogP contribution in [0.1, 0.15) is 48.5 Å². The van der Waals surface area contributed by atoms with Crippen LogP contribution >= 0.6 is 11.6 Å². The van der Waals surface area contributed by atoms with Gasteiger partial charge in [0.25, 0.3) is 0 Å². The number of hydrogen-bond donors (Lipinski definition) is 2. The second-order valence-electron chi connectivity index (χ2n) is 6.99. The van der Waals surface area contributed by atoms with E-state index in [4.69, 9.17) is 16.0 Å². The van der Waals surface area contributed by atoms with E-state index in [-0.39, 0.29) is 53.5 Å². The van der Waals surface area contributed by atoms with Crippen LogP contribution in [-0.2, 0) is 22.2 Å². The molecule has 9 heteroatoms. The Morgan fingerprint density at radius 2 is 2.07 bits per heavy atom. The van der Waals surface area contributed by atoms with Crippen LogP contribution in [0, 0.1) is 5.92 Å². The molecule has 3 rings (SSSR count). The molecule has 0 saturated heterocycles. The van der Waals surface area contributed by atoms with Gasteiger partial charge < -0.3 is 14.8 Å². The van der Waals surface area contributed by atoms with Crippen LogP contribution in [-0.4, -0.2) is 24.0 Å². The molecule has 1 heterocycles. The van der Waals surface area contributed by atoms with Crippen LogP contribution in [0.15, 0.2) is 16.5 Å². The number of fused-ring (bicyclic) bond motifs is 1. The highest BCUT2D eigenvalue weighted by atomic mass is 35.5. The van der Waals surface area contributed by atoms with Gasteiger partial charge in [0.15, 0.2) is 0 Å². The molecule has 1 aliphatic carbocycles. The van der Waals surface area contributed by atoms with Crippen LogP contribution < -0.4 is 5.32 Å². The van der Waals surface area contributed by atoms with Crippen molar-refractivity contribution in [2.75, 3.05) is 6.54 Å². The van der Waals surface area contributed by atoms with Crippen LogP contribution in [0.3, 0.4) is 0 Å². The van der Waals surface area contributed by atoms with Crippen molar-refractivity contribution in [2.45, 2.75) is 44.2 Å². The van der Waals surface area contributed by atoms with E-state index in [1.54, 1.807) is 6.07 Å². The maximum atomic E-state index is 13.5. The summed E-state index contributed by atoms with van der Waals surface area (Å²) < 4.78 is 45.9. The fraction of sp³-hybridized carbons (Fsp3) is 0.474. The zero-order valence-electron chi connectivity index (χ0n) is 14.8. The minimum atomic E-state index is -4.58. The van der Waals surface area contributed by atoms with Gasteiger partial charge in [0.2, 0.25) is 6.41 Å². The highest BCUT2D eigenvalue weighted by molar-refractivity contribution is 6.36. The van der Waals surface area contributed by atoms with E-state index in [0.717, 1.165) is 18.9 Å². The predicted octanol–water partition coefficient (Wildman–Crippen LogP) is 4.75. The standard InChI is InChI=1S/C19H19ClF3NO4/c20-16-13-7-12(10-1-2-10)8-14(19(21,22)23)17(13)28-15(16)4-3-11(18(26)27)5-6-24-9-25/h7-11H,1-6H2,(H,24,25)(H,26,27). The quantitative estimate of drug-likeness (QED) is 0.455. The summed E-state index contributed by atoms with van der Waals surface area (Å²) in [5.74, 6) is -1.57. The lowest BCUT2D eigenvalue weighted by Gasteiger charge is -2.11. The average molecular weight is 418 g/mol. The normalized spacial score (nSPS) is 15.6. The third-order valence-corrected chi connectivity index (χ3v) is 5.38. The number of aliphatic carboxylic acids is 1. The van der Waals surface area contributed by atoms with Gasteiger partial charge in [-0.3, -0.25) is 9.59 Å². The van der Waals surface area contributed by atoms with Crippen molar-refractivity contribution in [2.24, 2.45) is 5.92 Å². The largest absolute Gasteiger partial charge is 0.481 e. The number of aryl methyl sites for hydroxylation is 1. The van der Waals surface area contributed by atoms with Gasteiger partial charge in [-0.05, 0) is 49.3 Å². The molecule has 1 fully saturated rings. The topological polar surface area (TPSA) is 79.5 Å². The molecule has 1 atom stereocenters. The summed E-state index contributed by atoms with van der Waals surface area (Å²) in [6.07, 6.45) is -1.99. The number of hydrogen-bond acceptors (Lipinski definition) is 3. The van der Waals surface area contributed by atoms with E-state index in [2.05, 4.69) is 5.32 Å². The first kappa shape index (κ1) is 20.5. The van der Waals surface area contributed by atoms with Gasteiger partial charge in [0, 0.05) is 18.4 Å². The number of carboxylic acid groups (broad SMARTS) is 1. The Bertz CT molecular complexity index is 889. The maximum Gasteiger partial charge on any atom is 0.420 e. The molecule has 1 unspecified atom stereocenters. The lowest BCUT2D eigenvalue weighted by Crippen LogP contribution is -2.21. The monoisotopic (exact) mass is 417 g/mol. The fourth-order valence-corrected chi connectivity index (χ4v) is 3.55. The van der Waals surface area contributed by atoms with Gasteiger partial charge in [-0.1, -0.05) is 11.6 Å². The number of halogens is 4. The van der Waals surface area contributed by atoms with Crippen LogP contribution in [0.4, 0.5) is 13.2 Å². The van der Waals surface area contributed by atoms with Gasteiger partial charge >= 0.3 is 12.1 Å². The van der Waals surface area contributed by atoms with Gasteiger partial charge in [-0.25, -0.2) is 0 Å². The van der Waals surface area contributed by atoms with Gasteiger partial charge in [-0.2, -0.15) is 13.2 Å². The van der Waals surface area contributed by atoms with E-state index in [1.165, 1.54) is 0 Å². The molecule has 1 aromatic carbocycles. The summed E-state index contributed by atoms with van der Waals surface area (Å²) in [7, 11) is 0. The number of nitrogens with one attached hydrogen (secondary N) is 1. The minimum Gasteiger partial charge on any atom is -0.481 e. The molecule has 2 N–H and O–H groups in total. The van der Waals surface area contributed by atoms with E-state index in [9.17, 15) is 27.9 Å². The highest BCUT2D eigenvalue weighted by Gasteiger charge is 2.37. The Kier molecular flexibility index (Phi) is 5.88. The number of furan rings is 1. The molecule has 0 bridgehead atoms. The first-order valence-corrected chi connectivity index (χ1v) is 9.32. The van der Waals surface area contributed by atoms with Crippen LogP contribution in [0.5, 0.6) is 0 Å². The first-order valence-electron chi connectivity index (χ1n) is 8.94. The molecule has 1 amide bonds. The SMILES string of the molecule is O=CNCCC(CCc1oc2c(C(F)(F)F)cc(C3CC3)cc2c1Cl)C(=O)O. The van der Waals surface area contributed by atoms with Crippen LogP contribution in [0.25, 0.3) is 11.0 Å².